The first-order valence-electron chi connectivity index (χ1n) is 11.3. The lowest BCUT2D eigenvalue weighted by Crippen LogP contribution is -2.30. The monoisotopic (exact) mass is 398 g/mol. The first-order valence-corrected chi connectivity index (χ1v) is 11.3. The zero-order chi connectivity index (χ0) is 20.4. The molecular formula is C26H32F2O. The van der Waals surface area contributed by atoms with Crippen molar-refractivity contribution in [1.82, 2.24) is 0 Å². The SMILES string of the molecule is CC=CCOc1cc2ccc(C3CCC4CC(CC)CCC4C3)cc2c(F)c1F. The van der Waals surface area contributed by atoms with E-state index < -0.39 is 11.6 Å². The fourth-order valence-corrected chi connectivity index (χ4v) is 5.57. The van der Waals surface area contributed by atoms with Crippen LogP contribution in [0, 0.1) is 29.4 Å². The third-order valence-corrected chi connectivity index (χ3v) is 7.35. The summed E-state index contributed by atoms with van der Waals surface area (Å²) in [7, 11) is 0. The van der Waals surface area contributed by atoms with E-state index in [1.807, 2.05) is 25.1 Å². The molecule has 0 aromatic heterocycles. The van der Waals surface area contributed by atoms with Crippen molar-refractivity contribution < 1.29 is 13.5 Å². The predicted molar refractivity (Wildman–Crippen MR) is 115 cm³/mol. The molecule has 0 amide bonds. The number of benzene rings is 2. The summed E-state index contributed by atoms with van der Waals surface area (Å²) < 4.78 is 34.7. The third kappa shape index (κ3) is 4.20. The molecule has 2 fully saturated rings. The fraction of sp³-hybridized carbons (Fsp3) is 0.538. The average Bonchev–Trinajstić information content (AvgIpc) is 2.76. The Morgan fingerprint density at radius 1 is 1.00 bits per heavy atom. The van der Waals surface area contributed by atoms with Gasteiger partial charge in [-0.1, -0.05) is 44.1 Å². The van der Waals surface area contributed by atoms with Crippen molar-refractivity contribution in [2.75, 3.05) is 6.61 Å². The lowest BCUT2D eigenvalue weighted by molar-refractivity contribution is 0.116. The lowest BCUT2D eigenvalue weighted by Gasteiger charge is -2.42. The molecule has 2 aliphatic rings. The van der Waals surface area contributed by atoms with Gasteiger partial charge in [-0.05, 0) is 85.8 Å². The Labute approximate surface area is 173 Å². The van der Waals surface area contributed by atoms with E-state index in [2.05, 4.69) is 13.0 Å². The highest BCUT2D eigenvalue weighted by Crippen LogP contribution is 2.48. The molecule has 2 saturated carbocycles. The van der Waals surface area contributed by atoms with Crippen molar-refractivity contribution in [2.45, 2.75) is 64.7 Å². The van der Waals surface area contributed by atoms with Gasteiger partial charge in [0.15, 0.2) is 11.6 Å². The first-order chi connectivity index (χ1) is 14.1. The highest BCUT2D eigenvalue weighted by atomic mass is 19.2. The molecule has 0 saturated heterocycles. The minimum atomic E-state index is -0.888. The van der Waals surface area contributed by atoms with Crippen LogP contribution in [0.2, 0.25) is 0 Å². The molecule has 2 aromatic carbocycles. The van der Waals surface area contributed by atoms with Gasteiger partial charge >= 0.3 is 0 Å². The Hall–Kier alpha value is -1.90. The molecule has 156 valence electrons. The zero-order valence-electron chi connectivity index (χ0n) is 17.6. The Morgan fingerprint density at radius 2 is 1.79 bits per heavy atom. The molecule has 0 bridgehead atoms. The van der Waals surface area contributed by atoms with E-state index in [1.165, 1.54) is 38.5 Å². The average molecular weight is 399 g/mol. The predicted octanol–water partition coefficient (Wildman–Crippen LogP) is 7.78. The van der Waals surface area contributed by atoms with Crippen molar-refractivity contribution in [1.29, 1.82) is 0 Å². The summed E-state index contributed by atoms with van der Waals surface area (Å²) in [6.45, 7) is 4.42. The zero-order valence-corrected chi connectivity index (χ0v) is 17.6. The van der Waals surface area contributed by atoms with Gasteiger partial charge in [0.2, 0.25) is 5.82 Å². The Morgan fingerprint density at radius 3 is 2.59 bits per heavy atom. The topological polar surface area (TPSA) is 9.23 Å². The minimum Gasteiger partial charge on any atom is -0.486 e. The van der Waals surface area contributed by atoms with Crippen LogP contribution < -0.4 is 4.74 Å². The van der Waals surface area contributed by atoms with E-state index in [1.54, 1.807) is 12.1 Å². The molecular weight excluding hydrogens is 366 g/mol. The van der Waals surface area contributed by atoms with Crippen LogP contribution in [0.1, 0.15) is 70.3 Å². The van der Waals surface area contributed by atoms with E-state index in [0.29, 0.717) is 16.7 Å². The van der Waals surface area contributed by atoms with Crippen molar-refractivity contribution in [2.24, 2.45) is 17.8 Å². The van der Waals surface area contributed by atoms with Gasteiger partial charge in [0.25, 0.3) is 0 Å². The summed E-state index contributed by atoms with van der Waals surface area (Å²) in [6, 6.07) is 7.53. The smallest absolute Gasteiger partial charge is 0.201 e. The van der Waals surface area contributed by atoms with Gasteiger partial charge in [-0.3, -0.25) is 0 Å². The van der Waals surface area contributed by atoms with Crippen molar-refractivity contribution in [3.63, 3.8) is 0 Å². The molecule has 2 aliphatic carbocycles. The quantitative estimate of drug-likeness (QED) is 0.467. The molecule has 3 heteroatoms. The number of halogens is 2. The normalized spacial score (nSPS) is 27.3. The van der Waals surface area contributed by atoms with Crippen LogP contribution in [-0.4, -0.2) is 6.61 Å². The highest BCUT2D eigenvalue weighted by molar-refractivity contribution is 5.85. The maximum atomic E-state index is 14.8. The van der Waals surface area contributed by atoms with E-state index in [-0.39, 0.29) is 12.4 Å². The van der Waals surface area contributed by atoms with Gasteiger partial charge in [0.05, 0.1) is 0 Å². The lowest BCUT2D eigenvalue weighted by atomic mass is 9.63. The summed E-state index contributed by atoms with van der Waals surface area (Å²) >= 11 is 0. The van der Waals surface area contributed by atoms with Gasteiger partial charge in [-0.2, -0.15) is 4.39 Å². The fourth-order valence-electron chi connectivity index (χ4n) is 5.57. The Bertz CT molecular complexity index is 888. The van der Waals surface area contributed by atoms with Gasteiger partial charge in [-0.25, -0.2) is 4.39 Å². The molecule has 4 atom stereocenters. The van der Waals surface area contributed by atoms with Gasteiger partial charge in [0, 0.05) is 5.39 Å². The van der Waals surface area contributed by atoms with E-state index in [9.17, 15) is 8.78 Å². The first kappa shape index (κ1) is 20.4. The third-order valence-electron chi connectivity index (χ3n) is 7.35. The summed E-state index contributed by atoms with van der Waals surface area (Å²) in [4.78, 5) is 0. The van der Waals surface area contributed by atoms with Crippen LogP contribution in [0.25, 0.3) is 10.8 Å². The summed E-state index contributed by atoms with van der Waals surface area (Å²) in [5.74, 6) is 1.35. The maximum Gasteiger partial charge on any atom is 0.201 e. The molecule has 29 heavy (non-hydrogen) atoms. The molecule has 0 radical (unpaired) electrons. The van der Waals surface area contributed by atoms with E-state index in [4.69, 9.17) is 4.74 Å². The number of hydrogen-bond acceptors (Lipinski definition) is 1. The van der Waals surface area contributed by atoms with Crippen LogP contribution in [-0.2, 0) is 0 Å². The molecule has 4 rings (SSSR count). The molecule has 0 spiro atoms. The number of ether oxygens (including phenoxy) is 1. The standard InChI is InChI=1S/C26H32F2O/c1-3-5-12-29-24-16-22-11-10-21(15-23(22)25(27)26(24)28)20-9-8-18-13-17(4-2)6-7-19(18)14-20/h3,5,10-11,15-20H,4,6-9,12-14H2,1-2H3. The summed E-state index contributed by atoms with van der Waals surface area (Å²) in [5.41, 5.74) is 1.16. The minimum absolute atomic E-state index is 0.0194. The van der Waals surface area contributed by atoms with Crippen molar-refractivity contribution >= 4 is 10.8 Å². The molecule has 0 aliphatic heterocycles. The van der Waals surface area contributed by atoms with Crippen molar-refractivity contribution in [3.8, 4) is 5.75 Å². The molecule has 2 aromatic rings. The van der Waals surface area contributed by atoms with E-state index in [0.717, 1.165) is 29.7 Å². The second-order valence-corrected chi connectivity index (χ2v) is 8.98. The van der Waals surface area contributed by atoms with E-state index >= 15 is 0 Å². The number of hydrogen-bond donors (Lipinski definition) is 0. The Kier molecular flexibility index (Phi) is 6.22. The largest absolute Gasteiger partial charge is 0.486 e. The van der Waals surface area contributed by atoms with Crippen LogP contribution in [0.15, 0.2) is 36.4 Å². The van der Waals surface area contributed by atoms with Crippen LogP contribution in [0.3, 0.4) is 0 Å². The van der Waals surface area contributed by atoms with Gasteiger partial charge in [-0.15, -0.1) is 0 Å². The molecule has 1 nitrogen and oxygen atoms in total. The van der Waals surface area contributed by atoms with Gasteiger partial charge < -0.3 is 4.74 Å². The number of fused-ring (bicyclic) bond motifs is 2. The second kappa shape index (κ2) is 8.85. The van der Waals surface area contributed by atoms with Gasteiger partial charge in [0.1, 0.15) is 6.61 Å². The van der Waals surface area contributed by atoms with Crippen LogP contribution >= 0.6 is 0 Å². The van der Waals surface area contributed by atoms with Crippen molar-refractivity contribution in [3.05, 3.63) is 53.6 Å². The summed E-state index contributed by atoms with van der Waals surface area (Å²) in [5, 5.41) is 1.07. The molecule has 0 heterocycles. The molecule has 4 unspecified atom stereocenters. The summed E-state index contributed by atoms with van der Waals surface area (Å²) in [6.07, 6.45) is 12.6. The second-order valence-electron chi connectivity index (χ2n) is 8.98. The molecule has 0 N–H and O–H groups in total. The number of allylic oxidation sites excluding steroid dienone is 1. The Balaban J connectivity index is 1.55. The van der Waals surface area contributed by atoms with Crippen LogP contribution in [0.4, 0.5) is 8.78 Å². The highest BCUT2D eigenvalue weighted by Gasteiger charge is 2.35. The maximum absolute atomic E-state index is 14.8. The van der Waals surface area contributed by atoms with Crippen LogP contribution in [0.5, 0.6) is 5.75 Å². The number of rotatable bonds is 5.